The molecular weight excluding hydrogens is 350 g/mol. The van der Waals surface area contributed by atoms with Crippen molar-refractivity contribution in [2.45, 2.75) is 129 Å². The van der Waals surface area contributed by atoms with Crippen molar-refractivity contribution in [1.29, 1.82) is 0 Å². The van der Waals surface area contributed by atoms with Gasteiger partial charge in [-0.1, -0.05) is 104 Å². The van der Waals surface area contributed by atoms with E-state index in [4.69, 9.17) is 23.3 Å². The summed E-state index contributed by atoms with van der Waals surface area (Å²) in [5.41, 5.74) is 6.92. The molecule has 160 valence electrons. The van der Waals surface area contributed by atoms with Crippen LogP contribution in [-0.4, -0.2) is 23.1 Å². The van der Waals surface area contributed by atoms with Gasteiger partial charge in [0.1, 0.15) is 0 Å². The van der Waals surface area contributed by atoms with Crippen molar-refractivity contribution < 1.29 is 17.5 Å². The largest absolute Gasteiger partial charge is 0.394 e. The molecule has 4 N–H and O–H groups in total. The highest BCUT2D eigenvalue weighted by atomic mass is 32.3. The molecule has 0 heterocycles. The Labute approximate surface area is 163 Å². The molecule has 0 unspecified atom stereocenters. The van der Waals surface area contributed by atoms with Gasteiger partial charge in [-0.05, 0) is 19.3 Å². The van der Waals surface area contributed by atoms with Gasteiger partial charge >= 0.3 is 10.4 Å². The highest BCUT2D eigenvalue weighted by molar-refractivity contribution is 7.79. The Kier molecular flexibility index (Phi) is 19.6. The number of unbranched alkanes of at least 4 members (excludes halogenated alkanes) is 10. The van der Waals surface area contributed by atoms with E-state index in [1.807, 2.05) is 0 Å². The van der Waals surface area contributed by atoms with Gasteiger partial charge in [-0.2, -0.15) is 8.42 Å². The number of rotatable bonds is 16. The summed E-state index contributed by atoms with van der Waals surface area (Å²) in [4.78, 5) is 0. The first-order valence-electron chi connectivity index (χ1n) is 10.7. The van der Waals surface area contributed by atoms with E-state index in [0.29, 0.717) is 0 Å². The lowest BCUT2D eigenvalue weighted by Gasteiger charge is -2.30. The molecule has 0 atom stereocenters. The quantitative estimate of drug-likeness (QED) is 0.209. The zero-order valence-corrected chi connectivity index (χ0v) is 18.3. The van der Waals surface area contributed by atoms with Gasteiger partial charge < -0.3 is 5.73 Å². The minimum Gasteiger partial charge on any atom is -0.325 e. The van der Waals surface area contributed by atoms with E-state index in [1.165, 1.54) is 103 Å². The van der Waals surface area contributed by atoms with Crippen LogP contribution in [0.1, 0.15) is 124 Å². The van der Waals surface area contributed by atoms with E-state index in [2.05, 4.69) is 20.8 Å². The zero-order chi connectivity index (χ0) is 20.3. The lowest BCUT2D eigenvalue weighted by molar-refractivity contribution is 0.303. The molecule has 6 heteroatoms. The van der Waals surface area contributed by atoms with Crippen LogP contribution in [0.25, 0.3) is 0 Å². The molecule has 0 aliphatic rings. The average Bonchev–Trinajstić information content (AvgIpc) is 2.54. The predicted octanol–water partition coefficient (Wildman–Crippen LogP) is 6.33. The van der Waals surface area contributed by atoms with Gasteiger partial charge in [0, 0.05) is 5.54 Å². The van der Waals surface area contributed by atoms with Crippen LogP contribution >= 0.6 is 0 Å². The Morgan fingerprint density at radius 3 is 1.12 bits per heavy atom. The van der Waals surface area contributed by atoms with Crippen LogP contribution in [0.5, 0.6) is 0 Å². The van der Waals surface area contributed by atoms with Crippen LogP contribution in [0.4, 0.5) is 0 Å². The van der Waals surface area contributed by atoms with Gasteiger partial charge in [0.25, 0.3) is 0 Å². The number of hydrogen-bond donors (Lipinski definition) is 3. The molecule has 0 saturated carbocycles. The van der Waals surface area contributed by atoms with Crippen LogP contribution in [0.3, 0.4) is 0 Å². The second kappa shape index (κ2) is 18.2. The van der Waals surface area contributed by atoms with E-state index in [1.54, 1.807) is 0 Å². The van der Waals surface area contributed by atoms with Crippen LogP contribution < -0.4 is 5.73 Å². The smallest absolute Gasteiger partial charge is 0.325 e. The van der Waals surface area contributed by atoms with Gasteiger partial charge in [0.15, 0.2) is 0 Å². The summed E-state index contributed by atoms with van der Waals surface area (Å²) in [6.45, 7) is 6.86. The van der Waals surface area contributed by atoms with Gasteiger partial charge in [-0.3, -0.25) is 9.11 Å². The first-order chi connectivity index (χ1) is 12.2. The first kappa shape index (κ1) is 28.0. The molecule has 0 spiro atoms. The van der Waals surface area contributed by atoms with Gasteiger partial charge in [-0.25, -0.2) is 0 Å². The zero-order valence-electron chi connectivity index (χ0n) is 17.5. The monoisotopic (exact) mass is 395 g/mol. The highest BCUT2D eigenvalue weighted by Gasteiger charge is 2.23. The standard InChI is InChI=1S/C20H43N.H2O4S/c1-4-7-10-13-16-19-20(21,17-14-11-8-5-2)18-15-12-9-6-3;1-5(2,3)4/h4-19,21H2,1-3H3;(H2,1,2,3,4). The van der Waals surface area contributed by atoms with E-state index in [9.17, 15) is 0 Å². The van der Waals surface area contributed by atoms with Gasteiger partial charge in [0.05, 0.1) is 0 Å². The topological polar surface area (TPSA) is 101 Å². The Morgan fingerprint density at radius 2 is 0.846 bits per heavy atom. The van der Waals surface area contributed by atoms with Crippen LogP contribution in [0, 0.1) is 0 Å². The number of hydrogen-bond acceptors (Lipinski definition) is 3. The van der Waals surface area contributed by atoms with E-state index in [-0.39, 0.29) is 5.54 Å². The molecule has 0 aromatic heterocycles. The molecule has 0 aromatic carbocycles. The van der Waals surface area contributed by atoms with Crippen molar-refractivity contribution in [3.05, 3.63) is 0 Å². The predicted molar refractivity (Wildman–Crippen MR) is 112 cm³/mol. The molecule has 26 heavy (non-hydrogen) atoms. The molecule has 0 fully saturated rings. The van der Waals surface area contributed by atoms with Crippen LogP contribution in [0.15, 0.2) is 0 Å². The van der Waals surface area contributed by atoms with E-state index < -0.39 is 10.4 Å². The molecule has 0 radical (unpaired) electrons. The fourth-order valence-corrected chi connectivity index (χ4v) is 3.26. The molecule has 0 saturated heterocycles. The summed E-state index contributed by atoms with van der Waals surface area (Å²) in [5.74, 6) is 0. The second-order valence-electron chi connectivity index (χ2n) is 7.60. The summed E-state index contributed by atoms with van der Waals surface area (Å²) in [5, 5.41) is 0. The van der Waals surface area contributed by atoms with Gasteiger partial charge in [0.2, 0.25) is 0 Å². The van der Waals surface area contributed by atoms with Crippen LogP contribution in [-0.2, 0) is 10.4 Å². The van der Waals surface area contributed by atoms with E-state index in [0.717, 1.165) is 0 Å². The maximum absolute atomic E-state index is 8.74. The Hall–Kier alpha value is -0.170. The fourth-order valence-electron chi connectivity index (χ4n) is 3.26. The first-order valence-corrected chi connectivity index (χ1v) is 12.1. The summed E-state index contributed by atoms with van der Waals surface area (Å²) in [6.07, 6.45) is 21.5. The molecule has 0 bridgehead atoms. The molecule has 5 nitrogen and oxygen atoms in total. The summed E-state index contributed by atoms with van der Waals surface area (Å²) >= 11 is 0. The maximum atomic E-state index is 8.74. The third kappa shape index (κ3) is 26.1. The summed E-state index contributed by atoms with van der Waals surface area (Å²) < 4.78 is 31.6. The minimum absolute atomic E-state index is 0.147. The molecule has 0 rings (SSSR count). The molecule has 0 aromatic rings. The van der Waals surface area contributed by atoms with Crippen molar-refractivity contribution in [2.24, 2.45) is 5.73 Å². The van der Waals surface area contributed by atoms with Crippen molar-refractivity contribution in [2.75, 3.05) is 0 Å². The van der Waals surface area contributed by atoms with Crippen molar-refractivity contribution >= 4 is 10.4 Å². The minimum atomic E-state index is -4.67. The lowest BCUT2D eigenvalue weighted by atomic mass is 9.83. The second-order valence-corrected chi connectivity index (χ2v) is 8.49. The Morgan fingerprint density at radius 1 is 0.615 bits per heavy atom. The number of nitrogens with two attached hydrogens (primary N) is 1. The Balaban J connectivity index is 0. The lowest BCUT2D eigenvalue weighted by Crippen LogP contribution is -2.39. The van der Waals surface area contributed by atoms with Crippen molar-refractivity contribution in [1.82, 2.24) is 0 Å². The SMILES string of the molecule is CCCCCCCC(N)(CCCCCC)CCCCCC.O=S(=O)(O)O. The van der Waals surface area contributed by atoms with Gasteiger partial charge in [-0.15, -0.1) is 0 Å². The normalized spacial score (nSPS) is 11.9. The average molecular weight is 396 g/mol. The summed E-state index contributed by atoms with van der Waals surface area (Å²) in [6, 6.07) is 0. The third-order valence-corrected chi connectivity index (χ3v) is 4.83. The fraction of sp³-hybridized carbons (Fsp3) is 1.00. The van der Waals surface area contributed by atoms with Crippen molar-refractivity contribution in [3.63, 3.8) is 0 Å². The van der Waals surface area contributed by atoms with Crippen LogP contribution in [0.2, 0.25) is 0 Å². The highest BCUT2D eigenvalue weighted by Crippen LogP contribution is 2.26. The van der Waals surface area contributed by atoms with Crippen molar-refractivity contribution in [3.8, 4) is 0 Å². The molecule has 0 aliphatic heterocycles. The third-order valence-electron chi connectivity index (χ3n) is 4.83. The van der Waals surface area contributed by atoms with E-state index >= 15 is 0 Å². The molecule has 0 aliphatic carbocycles. The Bertz CT molecular complexity index is 365. The molecule has 0 amide bonds. The maximum Gasteiger partial charge on any atom is 0.394 e. The summed E-state index contributed by atoms with van der Waals surface area (Å²) in [7, 11) is -4.67. The molecular formula is C20H45NO4S.